The predicted octanol–water partition coefficient (Wildman–Crippen LogP) is 0.827. The predicted molar refractivity (Wildman–Crippen MR) is 94.9 cm³/mol. The van der Waals surface area contributed by atoms with E-state index in [4.69, 9.17) is 0 Å². The molecule has 1 fully saturated rings. The number of hydrogen-bond donors (Lipinski definition) is 1. The topological polar surface area (TPSA) is 77.3 Å². The van der Waals surface area contributed by atoms with E-state index < -0.39 is 17.9 Å². The first-order valence-corrected chi connectivity index (χ1v) is 8.02. The van der Waals surface area contributed by atoms with Crippen LogP contribution in [0.3, 0.4) is 0 Å². The molecule has 0 aromatic carbocycles. The van der Waals surface area contributed by atoms with Crippen LogP contribution in [0, 0.1) is 0 Å². The average molecular weight is 407 g/mol. The fourth-order valence-corrected chi connectivity index (χ4v) is 1.65. The Balaban J connectivity index is -0.000000817. The minimum Gasteiger partial charge on any atom is -0.639 e. The summed E-state index contributed by atoms with van der Waals surface area (Å²) >= 11 is 0. The molecule has 1 heterocycles. The first kappa shape index (κ1) is 28.4. The molecule has 6 heteroatoms. The third-order valence-electron chi connectivity index (χ3n) is 2.48. The Hall–Kier alpha value is -0.365. The molecule has 0 saturated carbocycles. The monoisotopic (exact) mass is 406 g/mol. The number of carbonyl (C=O) groups excluding carboxylic acids is 3. The van der Waals surface area contributed by atoms with E-state index >= 15 is 0 Å². The second kappa shape index (κ2) is 17.5. The van der Waals surface area contributed by atoms with Gasteiger partial charge < -0.3 is 10.1 Å². The van der Waals surface area contributed by atoms with E-state index in [-0.39, 0.29) is 76.9 Å². The van der Waals surface area contributed by atoms with Crippen LogP contribution in [0.2, 0.25) is 0 Å². The standard InChI is InChI=1S/C14H18N2O3.2C2H6.Rb/c1-4-5-10(8-9(2)3)13(18)15-11-6-7-12(17)16-14(11)19;2*1-2;/h4-5,8,11H,2,6-7H2,1,3H3,(H2,15,16,17,18,19);2*1-2H3;/q;;;+1/p-1/b5-4-,10-8+;;;. The summed E-state index contributed by atoms with van der Waals surface area (Å²) in [6, 6.07) is -0.788. The normalized spacial score (nSPS) is 16.6. The Morgan fingerprint density at radius 3 is 2.21 bits per heavy atom. The molecule has 0 radical (unpaired) electrons. The summed E-state index contributed by atoms with van der Waals surface area (Å²) in [6.07, 6.45) is 5.42. The van der Waals surface area contributed by atoms with Crippen LogP contribution in [0.25, 0.3) is 5.32 Å². The SMILES string of the molecule is C=C(C)/C=C(\C=C/C)C(=O)[N-]C1CCC(=O)NC1=O.CC.CC.[Rb+]. The van der Waals surface area contributed by atoms with Gasteiger partial charge in [0, 0.05) is 6.42 Å². The van der Waals surface area contributed by atoms with Crippen molar-refractivity contribution < 1.29 is 72.6 Å². The number of amides is 3. The molecule has 1 unspecified atom stereocenters. The first-order chi connectivity index (χ1) is 10.9. The van der Waals surface area contributed by atoms with Crippen molar-refractivity contribution in [2.24, 2.45) is 0 Å². The Morgan fingerprint density at radius 2 is 1.79 bits per heavy atom. The van der Waals surface area contributed by atoms with Crippen molar-refractivity contribution in [2.45, 2.75) is 60.4 Å². The molecule has 1 atom stereocenters. The fourth-order valence-electron chi connectivity index (χ4n) is 1.65. The number of imide groups is 1. The summed E-state index contributed by atoms with van der Waals surface area (Å²) in [5.41, 5.74) is 1.10. The van der Waals surface area contributed by atoms with Gasteiger partial charge in [0.05, 0.1) is 5.91 Å². The van der Waals surface area contributed by atoms with E-state index in [1.807, 2.05) is 27.7 Å². The summed E-state index contributed by atoms with van der Waals surface area (Å²) in [6.45, 7) is 15.3. The Bertz CT molecular complexity index is 483. The van der Waals surface area contributed by atoms with Gasteiger partial charge in [0.15, 0.2) is 0 Å². The van der Waals surface area contributed by atoms with Crippen LogP contribution >= 0.6 is 0 Å². The molecule has 1 saturated heterocycles. The quantitative estimate of drug-likeness (QED) is 0.426. The number of nitrogens with one attached hydrogen (secondary N) is 1. The number of piperidine rings is 1. The van der Waals surface area contributed by atoms with E-state index in [1.54, 1.807) is 32.1 Å². The maximum absolute atomic E-state index is 12.0. The third-order valence-corrected chi connectivity index (χ3v) is 2.48. The average Bonchev–Trinajstić information content (AvgIpc) is 2.53. The summed E-state index contributed by atoms with van der Waals surface area (Å²) in [5.74, 6) is -1.31. The second-order valence-electron chi connectivity index (χ2n) is 4.35. The van der Waals surface area contributed by atoms with Crippen LogP contribution in [0.1, 0.15) is 54.4 Å². The zero-order valence-electron chi connectivity index (χ0n) is 16.1. The number of rotatable bonds is 4. The van der Waals surface area contributed by atoms with Gasteiger partial charge in [-0.1, -0.05) is 58.1 Å². The summed E-state index contributed by atoms with van der Waals surface area (Å²) in [4.78, 5) is 34.5. The molecule has 130 valence electrons. The Labute approximate surface area is 195 Å². The Kier molecular flexibility index (Phi) is 20.7. The smallest absolute Gasteiger partial charge is 0.639 e. The van der Waals surface area contributed by atoms with Crippen molar-refractivity contribution in [3.05, 3.63) is 41.3 Å². The van der Waals surface area contributed by atoms with Crippen LogP contribution in [0.4, 0.5) is 0 Å². The molecular formula is C18H29N2O3Rb. The van der Waals surface area contributed by atoms with Crippen molar-refractivity contribution >= 4 is 17.7 Å². The van der Waals surface area contributed by atoms with Gasteiger partial charge in [-0.3, -0.25) is 14.9 Å². The summed E-state index contributed by atoms with van der Waals surface area (Å²) in [5, 5.41) is 6.03. The molecule has 0 bridgehead atoms. The van der Waals surface area contributed by atoms with Gasteiger partial charge >= 0.3 is 58.2 Å². The minimum atomic E-state index is -0.788. The van der Waals surface area contributed by atoms with E-state index in [0.29, 0.717) is 5.57 Å². The van der Waals surface area contributed by atoms with E-state index in [2.05, 4.69) is 17.2 Å². The minimum absolute atomic E-state index is 0. The van der Waals surface area contributed by atoms with Crippen molar-refractivity contribution in [1.82, 2.24) is 5.32 Å². The molecule has 3 amide bonds. The molecule has 1 aliphatic heterocycles. The molecule has 0 spiro atoms. The van der Waals surface area contributed by atoms with Crippen molar-refractivity contribution in [1.29, 1.82) is 0 Å². The maximum atomic E-state index is 12.0. The maximum Gasteiger partial charge on any atom is 1.00 e. The largest absolute Gasteiger partial charge is 1.00 e. The van der Waals surface area contributed by atoms with Crippen LogP contribution in [-0.4, -0.2) is 23.8 Å². The molecule has 1 N–H and O–H groups in total. The zero-order valence-corrected chi connectivity index (χ0v) is 21.0. The molecule has 0 aromatic heterocycles. The molecule has 24 heavy (non-hydrogen) atoms. The van der Waals surface area contributed by atoms with Gasteiger partial charge in [0.2, 0.25) is 11.8 Å². The number of allylic oxidation sites excluding steroid dienone is 3. The van der Waals surface area contributed by atoms with Crippen LogP contribution in [0.5, 0.6) is 0 Å². The zero-order chi connectivity index (χ0) is 18.4. The van der Waals surface area contributed by atoms with Gasteiger partial charge in [-0.05, 0) is 31.9 Å². The van der Waals surface area contributed by atoms with E-state index in [0.717, 1.165) is 5.57 Å². The molecule has 0 aromatic rings. The van der Waals surface area contributed by atoms with Gasteiger partial charge in [0.25, 0.3) is 0 Å². The molecular weight excluding hydrogens is 378 g/mol. The van der Waals surface area contributed by atoms with Crippen LogP contribution in [-0.2, 0) is 14.4 Å². The van der Waals surface area contributed by atoms with Crippen LogP contribution in [0.15, 0.2) is 36.0 Å². The second-order valence-corrected chi connectivity index (χ2v) is 4.35. The third kappa shape index (κ3) is 12.1. The summed E-state index contributed by atoms with van der Waals surface area (Å²) < 4.78 is 0. The van der Waals surface area contributed by atoms with Crippen LogP contribution < -0.4 is 63.5 Å². The molecule has 1 aliphatic rings. The van der Waals surface area contributed by atoms with Gasteiger partial charge in [-0.15, -0.1) is 0 Å². The number of hydrogen-bond acceptors (Lipinski definition) is 3. The number of carbonyl (C=O) groups is 3. The fraction of sp³-hybridized carbons (Fsp3) is 0.500. The Morgan fingerprint density at radius 1 is 1.25 bits per heavy atom. The van der Waals surface area contributed by atoms with Crippen molar-refractivity contribution in [2.75, 3.05) is 0 Å². The van der Waals surface area contributed by atoms with E-state index in [1.165, 1.54) is 0 Å². The van der Waals surface area contributed by atoms with Gasteiger partial charge in [-0.2, -0.15) is 0 Å². The number of nitrogens with zero attached hydrogens (tertiary/aromatic N) is 1. The van der Waals surface area contributed by atoms with Gasteiger partial charge in [-0.25, -0.2) is 0 Å². The molecule has 1 rings (SSSR count). The van der Waals surface area contributed by atoms with E-state index in [9.17, 15) is 14.4 Å². The summed E-state index contributed by atoms with van der Waals surface area (Å²) in [7, 11) is 0. The molecule has 0 aliphatic carbocycles. The van der Waals surface area contributed by atoms with Crippen molar-refractivity contribution in [3.8, 4) is 0 Å². The van der Waals surface area contributed by atoms with Crippen molar-refractivity contribution in [3.63, 3.8) is 0 Å². The molecule has 5 nitrogen and oxygen atoms in total. The van der Waals surface area contributed by atoms with Gasteiger partial charge in [0.1, 0.15) is 0 Å². The first-order valence-electron chi connectivity index (χ1n) is 8.02.